The van der Waals surface area contributed by atoms with Gasteiger partial charge in [-0.2, -0.15) is 11.8 Å². The SMILES string of the molecule is CSCCCNC(=NCc1nnc(C)n1C)NCCCCC1CCCC1. The van der Waals surface area contributed by atoms with E-state index in [0.717, 1.165) is 43.0 Å². The van der Waals surface area contributed by atoms with Crippen LogP contribution in [0.5, 0.6) is 0 Å². The normalized spacial score (nSPS) is 15.6. The van der Waals surface area contributed by atoms with Crippen molar-refractivity contribution in [1.29, 1.82) is 0 Å². The number of hydrogen-bond acceptors (Lipinski definition) is 4. The fourth-order valence-corrected chi connectivity index (χ4v) is 3.83. The van der Waals surface area contributed by atoms with Gasteiger partial charge in [-0.3, -0.25) is 0 Å². The van der Waals surface area contributed by atoms with Gasteiger partial charge in [0.05, 0.1) is 0 Å². The Morgan fingerprint density at radius 1 is 1.15 bits per heavy atom. The fraction of sp³-hybridized carbons (Fsp3) is 0.842. The van der Waals surface area contributed by atoms with E-state index in [-0.39, 0.29) is 0 Å². The zero-order valence-electron chi connectivity index (χ0n) is 16.8. The molecule has 148 valence electrons. The van der Waals surface area contributed by atoms with E-state index in [1.54, 1.807) is 0 Å². The summed E-state index contributed by atoms with van der Waals surface area (Å²) in [5.74, 6) is 4.88. The number of aliphatic imine (C=N–C) groups is 1. The maximum Gasteiger partial charge on any atom is 0.191 e. The third-order valence-corrected chi connectivity index (χ3v) is 5.88. The number of aryl methyl sites for hydroxylation is 1. The maximum atomic E-state index is 4.71. The zero-order chi connectivity index (χ0) is 18.6. The first-order chi connectivity index (χ1) is 12.7. The molecule has 1 aliphatic rings. The number of nitrogens with zero attached hydrogens (tertiary/aromatic N) is 4. The number of nitrogens with one attached hydrogen (secondary N) is 2. The minimum absolute atomic E-state index is 0.553. The lowest BCUT2D eigenvalue weighted by atomic mass is 10.0. The second-order valence-corrected chi connectivity index (χ2v) is 8.22. The molecular weight excluding hydrogens is 344 g/mol. The lowest BCUT2D eigenvalue weighted by Crippen LogP contribution is -2.38. The summed E-state index contributed by atoms with van der Waals surface area (Å²) < 4.78 is 2.00. The van der Waals surface area contributed by atoms with Gasteiger partial charge >= 0.3 is 0 Å². The van der Waals surface area contributed by atoms with E-state index >= 15 is 0 Å². The maximum absolute atomic E-state index is 4.71. The topological polar surface area (TPSA) is 67.1 Å². The molecular formula is C19H36N6S. The summed E-state index contributed by atoms with van der Waals surface area (Å²) in [6, 6.07) is 0. The van der Waals surface area contributed by atoms with Gasteiger partial charge in [-0.15, -0.1) is 10.2 Å². The number of aromatic nitrogens is 3. The van der Waals surface area contributed by atoms with Crippen molar-refractivity contribution >= 4 is 17.7 Å². The molecule has 0 amide bonds. The lowest BCUT2D eigenvalue weighted by molar-refractivity contribution is 0.472. The van der Waals surface area contributed by atoms with Gasteiger partial charge in [0.1, 0.15) is 12.4 Å². The predicted molar refractivity (Wildman–Crippen MR) is 112 cm³/mol. The Bertz CT molecular complexity index is 536. The van der Waals surface area contributed by atoms with Gasteiger partial charge < -0.3 is 15.2 Å². The van der Waals surface area contributed by atoms with E-state index in [9.17, 15) is 0 Å². The number of thioether (sulfide) groups is 1. The van der Waals surface area contributed by atoms with E-state index < -0.39 is 0 Å². The Morgan fingerprint density at radius 2 is 1.88 bits per heavy atom. The monoisotopic (exact) mass is 380 g/mol. The number of hydrogen-bond donors (Lipinski definition) is 2. The van der Waals surface area contributed by atoms with Crippen LogP contribution in [0.25, 0.3) is 0 Å². The molecule has 0 atom stereocenters. The highest BCUT2D eigenvalue weighted by molar-refractivity contribution is 7.98. The first kappa shape index (κ1) is 21.1. The van der Waals surface area contributed by atoms with Gasteiger partial charge in [-0.25, -0.2) is 4.99 Å². The molecule has 0 spiro atoms. The molecule has 0 bridgehead atoms. The summed E-state index contributed by atoms with van der Waals surface area (Å²) >= 11 is 1.88. The third kappa shape index (κ3) is 7.56. The van der Waals surface area contributed by atoms with Crippen LogP contribution < -0.4 is 10.6 Å². The van der Waals surface area contributed by atoms with Crippen molar-refractivity contribution in [1.82, 2.24) is 25.4 Å². The van der Waals surface area contributed by atoms with Crippen LogP contribution in [0.1, 0.15) is 63.0 Å². The molecule has 1 aliphatic carbocycles. The number of guanidine groups is 1. The Hall–Kier alpha value is -1.24. The van der Waals surface area contributed by atoms with Crippen LogP contribution in [0.3, 0.4) is 0 Å². The fourth-order valence-electron chi connectivity index (χ4n) is 3.40. The highest BCUT2D eigenvalue weighted by atomic mass is 32.2. The number of unbranched alkanes of at least 4 members (excludes halogenated alkanes) is 1. The van der Waals surface area contributed by atoms with Gasteiger partial charge in [0.25, 0.3) is 0 Å². The Balaban J connectivity index is 1.74. The summed E-state index contributed by atoms with van der Waals surface area (Å²) in [6.45, 7) is 4.45. The predicted octanol–water partition coefficient (Wildman–Crippen LogP) is 3.27. The van der Waals surface area contributed by atoms with Crippen LogP contribution in [-0.4, -0.2) is 45.8 Å². The van der Waals surface area contributed by atoms with Crippen molar-refractivity contribution in [3.63, 3.8) is 0 Å². The quantitative estimate of drug-likeness (QED) is 0.350. The van der Waals surface area contributed by atoms with Gasteiger partial charge in [-0.1, -0.05) is 38.5 Å². The van der Waals surface area contributed by atoms with Crippen LogP contribution >= 0.6 is 11.8 Å². The minimum atomic E-state index is 0.553. The Morgan fingerprint density at radius 3 is 2.54 bits per heavy atom. The molecule has 1 heterocycles. The summed E-state index contributed by atoms with van der Waals surface area (Å²) in [6.07, 6.45) is 13.0. The molecule has 1 saturated carbocycles. The van der Waals surface area contributed by atoms with Gasteiger partial charge in [0.2, 0.25) is 0 Å². The van der Waals surface area contributed by atoms with Crippen LogP contribution in [0.15, 0.2) is 4.99 Å². The van der Waals surface area contributed by atoms with E-state index in [0.29, 0.717) is 6.54 Å². The number of rotatable bonds is 11. The first-order valence-corrected chi connectivity index (χ1v) is 11.5. The van der Waals surface area contributed by atoms with E-state index in [2.05, 4.69) is 27.1 Å². The highest BCUT2D eigenvalue weighted by Gasteiger charge is 2.13. The van der Waals surface area contributed by atoms with Crippen LogP contribution in [-0.2, 0) is 13.6 Å². The first-order valence-electron chi connectivity index (χ1n) is 10.1. The van der Waals surface area contributed by atoms with E-state index in [4.69, 9.17) is 4.99 Å². The summed E-state index contributed by atoms with van der Waals surface area (Å²) in [5, 5.41) is 15.2. The lowest BCUT2D eigenvalue weighted by Gasteiger charge is -2.13. The molecule has 1 aromatic heterocycles. The molecule has 1 fully saturated rings. The van der Waals surface area contributed by atoms with Gasteiger partial charge in [0.15, 0.2) is 11.8 Å². The zero-order valence-corrected chi connectivity index (χ0v) is 17.6. The van der Waals surface area contributed by atoms with Gasteiger partial charge in [-0.05, 0) is 37.7 Å². The third-order valence-electron chi connectivity index (χ3n) is 5.19. The second kappa shape index (κ2) is 12.2. The Labute approximate surface area is 163 Å². The molecule has 0 radical (unpaired) electrons. The van der Waals surface area contributed by atoms with E-state index in [1.807, 2.05) is 30.3 Å². The van der Waals surface area contributed by atoms with Gasteiger partial charge in [0, 0.05) is 20.1 Å². The summed E-state index contributed by atoms with van der Waals surface area (Å²) in [4.78, 5) is 4.71. The minimum Gasteiger partial charge on any atom is -0.356 e. The van der Waals surface area contributed by atoms with Crippen LogP contribution in [0.4, 0.5) is 0 Å². The molecule has 6 nitrogen and oxygen atoms in total. The van der Waals surface area contributed by atoms with Crippen molar-refractivity contribution in [3.05, 3.63) is 11.6 Å². The Kier molecular flexibility index (Phi) is 9.89. The molecule has 0 aromatic carbocycles. The standard InChI is InChI=1S/C19H36N6S/c1-16-23-24-18(25(16)2)15-22-19(21-13-8-14-26-3)20-12-7-6-11-17-9-4-5-10-17/h17H,4-15H2,1-3H3,(H2,20,21,22). The summed E-state index contributed by atoms with van der Waals surface area (Å²) in [7, 11) is 1.99. The summed E-state index contributed by atoms with van der Waals surface area (Å²) in [5.41, 5.74) is 0. The van der Waals surface area contributed by atoms with Crippen LogP contribution in [0, 0.1) is 12.8 Å². The van der Waals surface area contributed by atoms with Crippen molar-refractivity contribution in [2.24, 2.45) is 18.0 Å². The molecule has 0 unspecified atom stereocenters. The molecule has 26 heavy (non-hydrogen) atoms. The molecule has 2 rings (SSSR count). The van der Waals surface area contributed by atoms with Crippen molar-refractivity contribution in [3.8, 4) is 0 Å². The van der Waals surface area contributed by atoms with E-state index in [1.165, 1.54) is 50.7 Å². The largest absolute Gasteiger partial charge is 0.356 e. The molecule has 0 saturated heterocycles. The van der Waals surface area contributed by atoms with Crippen LogP contribution in [0.2, 0.25) is 0 Å². The molecule has 2 N–H and O–H groups in total. The smallest absolute Gasteiger partial charge is 0.191 e. The van der Waals surface area contributed by atoms with Crippen molar-refractivity contribution < 1.29 is 0 Å². The average Bonchev–Trinajstić information content (AvgIpc) is 3.27. The molecule has 0 aliphatic heterocycles. The molecule has 1 aromatic rings. The second-order valence-electron chi connectivity index (χ2n) is 7.23. The molecule has 7 heteroatoms. The average molecular weight is 381 g/mol. The van der Waals surface area contributed by atoms with Crippen molar-refractivity contribution in [2.45, 2.75) is 64.8 Å². The van der Waals surface area contributed by atoms with Crippen molar-refractivity contribution in [2.75, 3.05) is 25.1 Å². The highest BCUT2D eigenvalue weighted by Crippen LogP contribution is 2.28.